The first-order chi connectivity index (χ1) is 33.5. The predicted molar refractivity (Wildman–Crippen MR) is 289 cm³/mol. The number of thiophene rings is 1. The van der Waals surface area contributed by atoms with E-state index in [1.165, 1.54) is 58.9 Å². The van der Waals surface area contributed by atoms with Gasteiger partial charge in [-0.25, -0.2) is 4.98 Å². The van der Waals surface area contributed by atoms with Crippen molar-refractivity contribution in [3.8, 4) is 33.5 Å². The highest BCUT2D eigenvalue weighted by Gasteiger charge is 2.29. The maximum Gasteiger partial charge on any atom is 0.162 e. The summed E-state index contributed by atoms with van der Waals surface area (Å²) in [5, 5.41) is 8.25. The summed E-state index contributed by atoms with van der Waals surface area (Å²) in [5.74, 6) is 0.340. The van der Waals surface area contributed by atoms with Crippen LogP contribution in [0.5, 0.6) is 0 Å². The number of hydrogen-bond donors (Lipinski definition) is 0. The Bertz CT molecular complexity index is 3980. The van der Waals surface area contributed by atoms with Gasteiger partial charge in [-0.05, 0) is 86.0 Å². The Morgan fingerprint density at radius 1 is 0.515 bits per heavy atom. The van der Waals surface area contributed by atoms with Gasteiger partial charge >= 0.3 is 0 Å². The second-order valence-electron chi connectivity index (χ2n) is 18.4. The van der Waals surface area contributed by atoms with Crippen LogP contribution in [-0.2, 0) is 0 Å². The van der Waals surface area contributed by atoms with Gasteiger partial charge in [0.2, 0.25) is 0 Å². The molecule has 12 aromatic rings. The Morgan fingerprint density at radius 3 is 2.07 bits per heavy atom. The van der Waals surface area contributed by atoms with Crippen molar-refractivity contribution in [1.82, 2.24) is 4.98 Å². The highest BCUT2D eigenvalue weighted by molar-refractivity contribution is 7.26. The van der Waals surface area contributed by atoms with Gasteiger partial charge in [0.15, 0.2) is 5.58 Å². The molecule has 0 fully saturated rings. The predicted octanol–water partition coefficient (Wildman–Crippen LogP) is 17.9. The molecule has 0 bridgehead atoms. The number of aromatic nitrogens is 1. The Balaban J connectivity index is 0.904. The van der Waals surface area contributed by atoms with E-state index >= 15 is 0 Å². The summed E-state index contributed by atoms with van der Waals surface area (Å²) in [4.78, 5) is 11.2. The molecule has 0 saturated heterocycles. The standard InChI is InChI=1S/C64H46N2OS/c1-39-29-35-48(46-19-12-20-47(37-46)50-24-14-26-53-51-22-9-11-28-58(51)68-64(50)53)40(2)61(66-60(39)43-16-4-3-5-17-43)44-32-30-41(31-33-44)45-34-36-54-56(38-45)65-62(52-25-13-18-42-15-6-7-21-49(42)52)63-59(54)55-23-8-10-27-57(55)67-63/h3-28,30-40,61H,29H2,1-2H3/b48-35-,66-60+. The minimum Gasteiger partial charge on any atom is -0.454 e. The zero-order chi connectivity index (χ0) is 45.3. The molecular weight excluding hydrogens is 845 g/mol. The smallest absolute Gasteiger partial charge is 0.162 e. The van der Waals surface area contributed by atoms with E-state index in [0.717, 1.165) is 72.7 Å². The van der Waals surface area contributed by atoms with Crippen molar-refractivity contribution in [3.63, 3.8) is 0 Å². The molecule has 0 amide bonds. The van der Waals surface area contributed by atoms with Crippen molar-refractivity contribution >= 4 is 86.4 Å². The molecule has 4 heterocycles. The van der Waals surface area contributed by atoms with E-state index in [9.17, 15) is 0 Å². The SMILES string of the molecule is CC1C/C=C(\c2cccc(-c3cccc4c3sc3ccccc34)c2)C(C)C(c2ccc(-c3ccc4c(c3)nc(-c3cccc5ccccc35)c3oc5ccccc5c34)cc2)/N=C\1c1ccccc1. The number of benzene rings is 9. The van der Waals surface area contributed by atoms with E-state index < -0.39 is 0 Å². The van der Waals surface area contributed by atoms with E-state index in [1.54, 1.807) is 0 Å². The molecule has 324 valence electrons. The maximum atomic E-state index is 6.66. The van der Waals surface area contributed by atoms with Crippen LogP contribution in [0.2, 0.25) is 0 Å². The summed E-state index contributed by atoms with van der Waals surface area (Å²) in [5.41, 5.74) is 15.5. The van der Waals surface area contributed by atoms with Crippen LogP contribution in [0.3, 0.4) is 0 Å². The molecule has 4 heteroatoms. The van der Waals surface area contributed by atoms with Crippen molar-refractivity contribution < 1.29 is 4.42 Å². The molecule has 1 aliphatic rings. The molecule has 9 aromatic carbocycles. The molecule has 13 rings (SSSR count). The van der Waals surface area contributed by atoms with E-state index in [2.05, 4.69) is 220 Å². The average Bonchev–Trinajstić information content (AvgIpc) is 3.98. The fourth-order valence-corrected chi connectivity index (χ4v) is 12.1. The largest absolute Gasteiger partial charge is 0.454 e. The van der Waals surface area contributed by atoms with Crippen molar-refractivity contribution in [3.05, 3.63) is 229 Å². The number of rotatable bonds is 6. The van der Waals surface area contributed by atoms with E-state index in [4.69, 9.17) is 14.4 Å². The summed E-state index contributed by atoms with van der Waals surface area (Å²) < 4.78 is 9.32. The lowest BCUT2D eigenvalue weighted by molar-refractivity contribution is 0.569. The molecule has 0 aliphatic carbocycles. The number of furan rings is 1. The number of para-hydroxylation sites is 1. The van der Waals surface area contributed by atoms with Gasteiger partial charge in [0.1, 0.15) is 11.3 Å². The molecule has 0 radical (unpaired) electrons. The molecule has 0 saturated carbocycles. The molecule has 3 unspecified atom stereocenters. The van der Waals surface area contributed by atoms with Gasteiger partial charge in [-0.1, -0.05) is 202 Å². The summed E-state index contributed by atoms with van der Waals surface area (Å²) in [6.45, 7) is 4.70. The van der Waals surface area contributed by atoms with Crippen molar-refractivity contribution in [2.75, 3.05) is 0 Å². The maximum absolute atomic E-state index is 6.66. The molecule has 0 spiro atoms. The third kappa shape index (κ3) is 6.78. The third-order valence-electron chi connectivity index (χ3n) is 14.3. The van der Waals surface area contributed by atoms with Crippen LogP contribution < -0.4 is 0 Å². The van der Waals surface area contributed by atoms with Crippen molar-refractivity contribution in [2.45, 2.75) is 26.3 Å². The Labute approximate surface area is 399 Å². The monoisotopic (exact) mass is 890 g/mol. The van der Waals surface area contributed by atoms with Gasteiger partial charge in [-0.15, -0.1) is 11.3 Å². The van der Waals surface area contributed by atoms with E-state index in [-0.39, 0.29) is 17.9 Å². The van der Waals surface area contributed by atoms with Gasteiger partial charge in [0.05, 0.1) is 11.6 Å². The van der Waals surface area contributed by atoms with Gasteiger partial charge in [0, 0.05) is 59.4 Å². The normalized spacial score (nSPS) is 18.2. The Kier molecular flexibility index (Phi) is 9.76. The highest BCUT2D eigenvalue weighted by atomic mass is 32.1. The quantitative estimate of drug-likeness (QED) is 0.167. The van der Waals surface area contributed by atoms with Crippen molar-refractivity contribution in [2.24, 2.45) is 16.8 Å². The van der Waals surface area contributed by atoms with Crippen LogP contribution in [0.25, 0.3) is 103 Å². The molecular formula is C64H46N2OS. The topological polar surface area (TPSA) is 38.4 Å². The first-order valence-electron chi connectivity index (χ1n) is 23.7. The zero-order valence-corrected chi connectivity index (χ0v) is 38.7. The molecule has 3 aromatic heterocycles. The van der Waals surface area contributed by atoms with E-state index in [1.807, 2.05) is 17.4 Å². The van der Waals surface area contributed by atoms with Crippen LogP contribution in [0, 0.1) is 11.8 Å². The van der Waals surface area contributed by atoms with Crippen LogP contribution in [0.15, 0.2) is 222 Å². The number of pyridine rings is 1. The summed E-state index contributed by atoms with van der Waals surface area (Å²) >= 11 is 1.89. The Morgan fingerprint density at radius 2 is 1.19 bits per heavy atom. The van der Waals surface area contributed by atoms with Crippen LogP contribution >= 0.6 is 11.3 Å². The third-order valence-corrected chi connectivity index (χ3v) is 15.5. The summed E-state index contributed by atoms with van der Waals surface area (Å²) in [6, 6.07) is 74.6. The highest BCUT2D eigenvalue weighted by Crippen LogP contribution is 2.45. The Hall–Kier alpha value is -7.92. The number of aliphatic imine (C=N–C) groups is 1. The first-order valence-corrected chi connectivity index (χ1v) is 24.5. The van der Waals surface area contributed by atoms with Crippen molar-refractivity contribution in [1.29, 1.82) is 0 Å². The first kappa shape index (κ1) is 40.4. The van der Waals surface area contributed by atoms with Crippen LogP contribution in [0.1, 0.15) is 43.0 Å². The molecule has 0 N–H and O–H groups in total. The van der Waals surface area contributed by atoms with Gasteiger partial charge in [-0.2, -0.15) is 0 Å². The number of hydrogen-bond acceptors (Lipinski definition) is 4. The fraction of sp³-hybridized carbons (Fsp3) is 0.0938. The second kappa shape index (κ2) is 16.4. The average molecular weight is 891 g/mol. The fourth-order valence-electron chi connectivity index (χ4n) is 10.9. The minimum atomic E-state index is -0.105. The minimum absolute atomic E-state index is 0.104. The zero-order valence-electron chi connectivity index (χ0n) is 37.9. The molecule has 1 aliphatic heterocycles. The number of allylic oxidation sites excluding steroid dienone is 1. The number of nitrogens with zero attached hydrogens (tertiary/aromatic N) is 2. The lowest BCUT2D eigenvalue weighted by Crippen LogP contribution is -2.20. The van der Waals surface area contributed by atoms with E-state index in [0.29, 0.717) is 0 Å². The van der Waals surface area contributed by atoms with Gasteiger partial charge in [0.25, 0.3) is 0 Å². The summed E-state index contributed by atoms with van der Waals surface area (Å²) in [6.07, 6.45) is 3.41. The molecule has 68 heavy (non-hydrogen) atoms. The summed E-state index contributed by atoms with van der Waals surface area (Å²) in [7, 11) is 0. The van der Waals surface area contributed by atoms with Gasteiger partial charge < -0.3 is 4.42 Å². The number of fused-ring (bicyclic) bond motifs is 9. The van der Waals surface area contributed by atoms with Gasteiger partial charge in [-0.3, -0.25) is 4.99 Å². The molecule has 3 nitrogen and oxygen atoms in total. The molecule has 3 atom stereocenters. The lowest BCUT2D eigenvalue weighted by Gasteiger charge is -2.30. The lowest BCUT2D eigenvalue weighted by atomic mass is 9.80. The second-order valence-corrected chi connectivity index (χ2v) is 19.5. The van der Waals surface area contributed by atoms with Crippen LogP contribution in [0.4, 0.5) is 0 Å². The van der Waals surface area contributed by atoms with Crippen LogP contribution in [-0.4, -0.2) is 10.7 Å².